The molecule has 0 spiro atoms. The van der Waals surface area contributed by atoms with Crippen LogP contribution >= 0.6 is 0 Å². The van der Waals surface area contributed by atoms with Crippen LogP contribution in [0, 0.1) is 0 Å². The minimum atomic E-state index is -2.33. The standard InChI is InChI=1S/C18H30O.CH2O3.Ba/c1-2-3-4-5-6-7-8-9-10-11-14-17-15-12-13-16-18(17)19;2-1(3)4;/h12-13,15-16,19H,2-11,14H2,1H3;(H2,2,3,4);/q;;+2/p-3. The molecule has 0 radical (unpaired) electrons. The number of carbonyl (C=O) groups is 1. The molecule has 0 atom stereocenters. The van der Waals surface area contributed by atoms with Crippen LogP contribution in [0.5, 0.6) is 5.75 Å². The molecule has 0 aliphatic heterocycles. The fourth-order valence-corrected chi connectivity index (χ4v) is 2.51. The second-order valence-corrected chi connectivity index (χ2v) is 5.79. The van der Waals surface area contributed by atoms with Gasteiger partial charge in [0.25, 0.3) is 0 Å². The van der Waals surface area contributed by atoms with Crippen LogP contribution in [0.15, 0.2) is 24.3 Å². The van der Waals surface area contributed by atoms with Crippen molar-refractivity contribution in [3.05, 3.63) is 29.8 Å². The summed E-state index contributed by atoms with van der Waals surface area (Å²) >= 11 is 0. The molecule has 24 heavy (non-hydrogen) atoms. The summed E-state index contributed by atoms with van der Waals surface area (Å²) in [5, 5.41) is 28.2. The molecular formula is C19H29BaO4-. The van der Waals surface area contributed by atoms with Crippen molar-refractivity contribution >= 4 is 55.0 Å². The molecule has 0 heterocycles. The third-order valence-electron chi connectivity index (χ3n) is 3.77. The van der Waals surface area contributed by atoms with Crippen molar-refractivity contribution in [2.24, 2.45) is 0 Å². The van der Waals surface area contributed by atoms with E-state index in [0.29, 0.717) is 0 Å². The van der Waals surface area contributed by atoms with E-state index >= 15 is 0 Å². The zero-order valence-electron chi connectivity index (χ0n) is 14.9. The van der Waals surface area contributed by atoms with Gasteiger partial charge in [0, 0.05) is 0 Å². The first-order valence-corrected chi connectivity index (χ1v) is 8.70. The molecule has 0 saturated heterocycles. The minimum Gasteiger partial charge on any atom is -0.872 e. The number of rotatable bonds is 11. The molecule has 4 nitrogen and oxygen atoms in total. The molecule has 0 bridgehead atoms. The van der Waals surface area contributed by atoms with E-state index in [1.165, 1.54) is 57.8 Å². The SMILES string of the molecule is CCCCCCCCCCCCc1ccccc1[O-].O=C([O-])[O-].[Ba+2]. The minimum absolute atomic E-state index is 0. The topological polar surface area (TPSA) is 86.2 Å². The molecule has 0 aliphatic rings. The van der Waals surface area contributed by atoms with Crippen LogP contribution in [0.2, 0.25) is 0 Å². The first kappa shape index (κ1) is 26.1. The number of benzene rings is 1. The average molecular weight is 459 g/mol. The van der Waals surface area contributed by atoms with Gasteiger partial charge in [-0.1, -0.05) is 94.5 Å². The third-order valence-corrected chi connectivity index (χ3v) is 3.77. The second kappa shape index (κ2) is 19.2. The van der Waals surface area contributed by atoms with Gasteiger partial charge in [-0.3, -0.25) is 0 Å². The molecular weight excluding hydrogens is 430 g/mol. The van der Waals surface area contributed by atoms with Gasteiger partial charge in [0.1, 0.15) is 0 Å². The van der Waals surface area contributed by atoms with Crippen molar-refractivity contribution in [3.63, 3.8) is 0 Å². The smallest absolute Gasteiger partial charge is 0.872 e. The van der Waals surface area contributed by atoms with E-state index in [0.717, 1.165) is 18.4 Å². The maximum Gasteiger partial charge on any atom is 2.00 e. The van der Waals surface area contributed by atoms with Crippen LogP contribution in [0.1, 0.15) is 76.7 Å². The molecule has 0 aromatic heterocycles. The van der Waals surface area contributed by atoms with Crippen molar-refractivity contribution in [3.8, 4) is 5.75 Å². The van der Waals surface area contributed by atoms with E-state index in [4.69, 9.17) is 15.0 Å². The van der Waals surface area contributed by atoms with Crippen molar-refractivity contribution in [1.82, 2.24) is 0 Å². The van der Waals surface area contributed by atoms with E-state index < -0.39 is 6.16 Å². The van der Waals surface area contributed by atoms with Gasteiger partial charge < -0.3 is 20.1 Å². The van der Waals surface area contributed by atoms with Crippen LogP contribution in [-0.2, 0) is 6.42 Å². The van der Waals surface area contributed by atoms with Gasteiger partial charge in [-0.2, -0.15) is 0 Å². The number of hydrogen-bond acceptors (Lipinski definition) is 4. The molecule has 0 saturated carbocycles. The zero-order chi connectivity index (χ0) is 17.3. The molecule has 1 aromatic carbocycles. The number of carboxylic acid groups (broad SMARTS) is 2. The van der Waals surface area contributed by atoms with Gasteiger partial charge in [-0.15, -0.1) is 5.75 Å². The summed E-state index contributed by atoms with van der Waals surface area (Å²) < 4.78 is 0. The molecule has 0 fully saturated rings. The predicted octanol–water partition coefficient (Wildman–Crippen LogP) is 2.40. The van der Waals surface area contributed by atoms with E-state index in [1.807, 2.05) is 18.2 Å². The fraction of sp³-hybridized carbons (Fsp3) is 0.632. The fourth-order valence-electron chi connectivity index (χ4n) is 2.51. The van der Waals surface area contributed by atoms with Gasteiger partial charge in [-0.25, -0.2) is 0 Å². The van der Waals surface area contributed by atoms with Gasteiger partial charge in [0.2, 0.25) is 0 Å². The third kappa shape index (κ3) is 18.2. The summed E-state index contributed by atoms with van der Waals surface area (Å²) in [7, 11) is 0. The Morgan fingerprint density at radius 3 is 1.71 bits per heavy atom. The number of carbonyl (C=O) groups excluding carboxylic acids is 1. The van der Waals surface area contributed by atoms with Crippen LogP contribution in [0.4, 0.5) is 4.79 Å². The Kier molecular flexibility index (Phi) is 20.9. The Morgan fingerprint density at radius 1 is 0.833 bits per heavy atom. The summed E-state index contributed by atoms with van der Waals surface area (Å²) in [5.74, 6) is 0.207. The number of aryl methyl sites for hydroxylation is 1. The normalized spacial score (nSPS) is 9.54. The molecule has 132 valence electrons. The van der Waals surface area contributed by atoms with E-state index in [-0.39, 0.29) is 54.6 Å². The van der Waals surface area contributed by atoms with Crippen molar-refractivity contribution < 1.29 is 20.1 Å². The van der Waals surface area contributed by atoms with Gasteiger partial charge in [0.05, 0.1) is 0 Å². The van der Waals surface area contributed by atoms with Crippen LogP contribution < -0.4 is 15.3 Å². The van der Waals surface area contributed by atoms with Gasteiger partial charge >= 0.3 is 48.9 Å². The van der Waals surface area contributed by atoms with Gasteiger partial charge in [0.15, 0.2) is 0 Å². The summed E-state index contributed by atoms with van der Waals surface area (Å²) in [6.45, 7) is 2.26. The average Bonchev–Trinajstić information content (AvgIpc) is 2.50. The second-order valence-electron chi connectivity index (χ2n) is 5.79. The molecule has 1 aromatic rings. The maximum absolute atomic E-state index is 11.5. The summed E-state index contributed by atoms with van der Waals surface area (Å²) in [5.41, 5.74) is 0.988. The first-order valence-electron chi connectivity index (χ1n) is 8.70. The molecule has 0 N–H and O–H groups in total. The molecule has 5 heteroatoms. The number of unbranched alkanes of at least 4 members (excludes halogenated alkanes) is 9. The Bertz CT molecular complexity index is 406. The number of para-hydroxylation sites is 1. The van der Waals surface area contributed by atoms with E-state index in [2.05, 4.69) is 6.92 Å². The first-order chi connectivity index (χ1) is 11.1. The predicted molar refractivity (Wildman–Crippen MR) is 92.6 cm³/mol. The summed E-state index contributed by atoms with van der Waals surface area (Å²) in [6.07, 6.45) is 12.1. The summed E-state index contributed by atoms with van der Waals surface area (Å²) in [4.78, 5) is 8.33. The van der Waals surface area contributed by atoms with Crippen LogP contribution in [0.3, 0.4) is 0 Å². The van der Waals surface area contributed by atoms with Crippen LogP contribution in [-0.4, -0.2) is 55.0 Å². The van der Waals surface area contributed by atoms with Gasteiger partial charge in [-0.05, 0) is 19.0 Å². The van der Waals surface area contributed by atoms with Crippen molar-refractivity contribution in [2.45, 2.75) is 77.6 Å². The Morgan fingerprint density at radius 2 is 1.25 bits per heavy atom. The zero-order valence-corrected chi connectivity index (χ0v) is 19.4. The summed E-state index contributed by atoms with van der Waals surface area (Å²) in [6, 6.07) is 7.43. The van der Waals surface area contributed by atoms with Crippen molar-refractivity contribution in [2.75, 3.05) is 0 Å². The quantitative estimate of drug-likeness (QED) is 0.376. The Hall–Kier alpha value is -0.139. The molecule has 0 aliphatic carbocycles. The van der Waals surface area contributed by atoms with Crippen LogP contribution in [0.25, 0.3) is 0 Å². The molecule has 1 rings (SSSR count). The maximum atomic E-state index is 11.5. The molecule has 0 amide bonds. The Balaban J connectivity index is 0. The van der Waals surface area contributed by atoms with Crippen molar-refractivity contribution in [1.29, 1.82) is 0 Å². The monoisotopic (exact) mass is 459 g/mol. The van der Waals surface area contributed by atoms with E-state index in [9.17, 15) is 5.11 Å². The largest absolute Gasteiger partial charge is 2.00 e. The Labute approximate surface area is 186 Å². The molecule has 0 unspecified atom stereocenters. The number of hydrogen-bond donors (Lipinski definition) is 0. The van der Waals surface area contributed by atoms with E-state index in [1.54, 1.807) is 6.07 Å².